The highest BCUT2D eigenvalue weighted by Gasteiger charge is 2.24. The van der Waals surface area contributed by atoms with E-state index in [0.29, 0.717) is 6.29 Å². The summed E-state index contributed by atoms with van der Waals surface area (Å²) in [5, 5.41) is 19.6. The monoisotopic (exact) mass is 248 g/mol. The number of ether oxygens (including phenoxy) is 1. The van der Waals surface area contributed by atoms with Gasteiger partial charge < -0.3 is 4.74 Å². The second-order valence-electron chi connectivity index (χ2n) is 3.17. The van der Waals surface area contributed by atoms with Gasteiger partial charge in [0.25, 0.3) is 5.69 Å². The van der Waals surface area contributed by atoms with E-state index < -0.39 is 22.1 Å². The summed E-state index contributed by atoms with van der Waals surface area (Å²) in [5.74, 6) is -0.874. The minimum atomic E-state index is -0.874. The third-order valence-electron chi connectivity index (χ3n) is 2.08. The van der Waals surface area contributed by atoms with E-state index in [1.165, 1.54) is 0 Å². The summed E-state index contributed by atoms with van der Waals surface area (Å²) in [4.78, 5) is 32.2. The van der Waals surface area contributed by atoms with E-state index in [2.05, 4.69) is 4.74 Å². The molecule has 0 spiro atoms. The Labute approximate surface area is 102 Å². The number of aldehydes is 1. The van der Waals surface area contributed by atoms with Gasteiger partial charge in [0, 0.05) is 11.6 Å². The molecule has 0 atom stereocenters. The van der Waals surface area contributed by atoms with Gasteiger partial charge in [-0.1, -0.05) is 0 Å². The van der Waals surface area contributed by atoms with Crippen molar-refractivity contribution in [3.63, 3.8) is 0 Å². The molecule has 92 valence electrons. The number of nitrogens with zero attached hydrogens (tertiary/aromatic N) is 2. The number of carbonyl (C=O) groups is 2. The number of hydrogen-bond acceptors (Lipinski definition) is 6. The number of carbonyl (C=O) groups excluding carboxylic acids is 2. The van der Waals surface area contributed by atoms with Gasteiger partial charge in [-0.15, -0.1) is 0 Å². The van der Waals surface area contributed by atoms with E-state index in [4.69, 9.17) is 5.26 Å². The summed E-state index contributed by atoms with van der Waals surface area (Å²) in [6.07, 6.45) is 0.358. The molecule has 7 nitrogen and oxygen atoms in total. The Kier molecular flexibility index (Phi) is 4.10. The minimum Gasteiger partial charge on any atom is -0.462 e. The molecule has 0 radical (unpaired) electrons. The lowest BCUT2D eigenvalue weighted by molar-refractivity contribution is -0.385. The summed E-state index contributed by atoms with van der Waals surface area (Å²) < 4.78 is 4.68. The van der Waals surface area contributed by atoms with Crippen LogP contribution in [-0.4, -0.2) is 23.8 Å². The molecule has 1 aromatic carbocycles. The molecule has 7 heteroatoms. The topological polar surface area (TPSA) is 110 Å². The number of nitro benzene ring substituents is 1. The van der Waals surface area contributed by atoms with Gasteiger partial charge in [0.05, 0.1) is 17.1 Å². The number of benzene rings is 1. The maximum Gasteiger partial charge on any atom is 0.339 e. The molecule has 0 saturated heterocycles. The summed E-state index contributed by atoms with van der Waals surface area (Å²) >= 11 is 0. The van der Waals surface area contributed by atoms with Crippen LogP contribution in [0.5, 0.6) is 0 Å². The lowest BCUT2D eigenvalue weighted by atomic mass is 10.0. The van der Waals surface area contributed by atoms with Crippen molar-refractivity contribution in [1.29, 1.82) is 5.26 Å². The van der Waals surface area contributed by atoms with Crippen molar-refractivity contribution >= 4 is 17.9 Å². The number of rotatable bonds is 4. The third kappa shape index (κ3) is 2.49. The van der Waals surface area contributed by atoms with Gasteiger partial charge in [-0.25, -0.2) is 4.79 Å². The van der Waals surface area contributed by atoms with Crippen LogP contribution in [0.25, 0.3) is 0 Å². The second-order valence-corrected chi connectivity index (χ2v) is 3.17. The predicted octanol–water partition coefficient (Wildman–Crippen LogP) is 1.46. The Morgan fingerprint density at radius 1 is 1.61 bits per heavy atom. The van der Waals surface area contributed by atoms with Gasteiger partial charge >= 0.3 is 5.97 Å². The van der Waals surface area contributed by atoms with Crippen LogP contribution in [0.2, 0.25) is 0 Å². The molecule has 1 rings (SSSR count). The van der Waals surface area contributed by atoms with Crippen molar-refractivity contribution in [2.75, 3.05) is 6.61 Å². The maximum absolute atomic E-state index is 11.6. The molecule has 0 unspecified atom stereocenters. The van der Waals surface area contributed by atoms with Crippen molar-refractivity contribution in [2.45, 2.75) is 6.92 Å². The quantitative estimate of drug-likeness (QED) is 0.345. The van der Waals surface area contributed by atoms with Crippen molar-refractivity contribution in [2.24, 2.45) is 0 Å². The van der Waals surface area contributed by atoms with Gasteiger partial charge in [0.15, 0.2) is 0 Å². The smallest absolute Gasteiger partial charge is 0.339 e. The van der Waals surface area contributed by atoms with Crippen molar-refractivity contribution < 1.29 is 19.2 Å². The molecular weight excluding hydrogens is 240 g/mol. The van der Waals surface area contributed by atoms with E-state index in [1.54, 1.807) is 13.0 Å². The molecule has 0 aliphatic rings. The molecule has 0 fully saturated rings. The van der Waals surface area contributed by atoms with Crippen LogP contribution in [0, 0.1) is 21.4 Å². The van der Waals surface area contributed by atoms with Gasteiger partial charge in [-0.05, 0) is 13.0 Å². The Balaban J connectivity index is 3.53. The second kappa shape index (κ2) is 5.54. The van der Waals surface area contributed by atoms with Crippen molar-refractivity contribution in [3.8, 4) is 6.07 Å². The largest absolute Gasteiger partial charge is 0.462 e. The maximum atomic E-state index is 11.6. The fourth-order valence-electron chi connectivity index (χ4n) is 1.35. The van der Waals surface area contributed by atoms with Crippen LogP contribution in [0.3, 0.4) is 0 Å². The van der Waals surface area contributed by atoms with Gasteiger partial charge in [-0.3, -0.25) is 14.9 Å². The first-order chi connectivity index (χ1) is 8.54. The first-order valence-corrected chi connectivity index (χ1v) is 4.90. The number of esters is 1. The van der Waals surface area contributed by atoms with Gasteiger partial charge in [0.1, 0.15) is 17.9 Å². The highest BCUT2D eigenvalue weighted by Crippen LogP contribution is 2.24. The summed E-state index contributed by atoms with van der Waals surface area (Å²) in [7, 11) is 0. The molecule has 0 amide bonds. The van der Waals surface area contributed by atoms with E-state index in [0.717, 1.165) is 12.1 Å². The first-order valence-electron chi connectivity index (χ1n) is 4.90. The lowest BCUT2D eigenvalue weighted by Gasteiger charge is -2.05. The molecule has 0 aliphatic heterocycles. The lowest BCUT2D eigenvalue weighted by Crippen LogP contribution is -2.09. The fraction of sp³-hybridized carbons (Fsp3) is 0.182. The van der Waals surface area contributed by atoms with E-state index >= 15 is 0 Å². The minimum absolute atomic E-state index is 0.0583. The Morgan fingerprint density at radius 3 is 2.72 bits per heavy atom. The SMILES string of the molecule is CCOC(=O)c1cc(C=O)cc([N+](=O)[O-])c1C#N. The molecule has 0 aromatic heterocycles. The standard InChI is InChI=1S/C11H8N2O5/c1-2-18-11(15)8-3-7(6-14)4-10(13(16)17)9(8)5-12/h3-4,6H,2H2,1H3. The Bertz CT molecular complexity index is 559. The van der Waals surface area contributed by atoms with Crippen LogP contribution in [0.1, 0.15) is 33.2 Å². The molecule has 0 N–H and O–H groups in total. The zero-order valence-electron chi connectivity index (χ0n) is 9.37. The molecule has 0 aliphatic carbocycles. The number of nitriles is 1. The summed E-state index contributed by atoms with van der Waals surface area (Å²) in [5.41, 5.74) is -1.35. The van der Waals surface area contributed by atoms with E-state index in [1.807, 2.05) is 0 Å². The van der Waals surface area contributed by atoms with Crippen LogP contribution < -0.4 is 0 Å². The summed E-state index contributed by atoms with van der Waals surface area (Å²) in [6.45, 7) is 1.62. The average Bonchev–Trinajstić information content (AvgIpc) is 2.37. The number of nitro groups is 1. The fourth-order valence-corrected chi connectivity index (χ4v) is 1.35. The van der Waals surface area contributed by atoms with Gasteiger partial charge in [0.2, 0.25) is 0 Å². The highest BCUT2D eigenvalue weighted by atomic mass is 16.6. The molecule has 0 saturated carbocycles. The Hall–Kier alpha value is -2.75. The zero-order valence-corrected chi connectivity index (χ0v) is 9.37. The molecular formula is C11H8N2O5. The van der Waals surface area contributed by atoms with Crippen LogP contribution in [-0.2, 0) is 4.74 Å². The summed E-state index contributed by atoms with van der Waals surface area (Å²) in [6, 6.07) is 3.61. The van der Waals surface area contributed by atoms with Gasteiger partial charge in [-0.2, -0.15) is 5.26 Å². The van der Waals surface area contributed by atoms with Crippen LogP contribution in [0.4, 0.5) is 5.69 Å². The van der Waals surface area contributed by atoms with Crippen LogP contribution >= 0.6 is 0 Å². The van der Waals surface area contributed by atoms with E-state index in [9.17, 15) is 19.7 Å². The first kappa shape index (κ1) is 13.3. The molecule has 0 heterocycles. The Morgan fingerprint density at radius 2 is 2.28 bits per heavy atom. The zero-order chi connectivity index (χ0) is 13.7. The predicted molar refractivity (Wildman–Crippen MR) is 59.2 cm³/mol. The van der Waals surface area contributed by atoms with Crippen molar-refractivity contribution in [1.82, 2.24) is 0 Å². The molecule has 1 aromatic rings. The number of hydrogen-bond donors (Lipinski definition) is 0. The highest BCUT2D eigenvalue weighted by molar-refractivity contribution is 5.96. The molecule has 18 heavy (non-hydrogen) atoms. The molecule has 0 bridgehead atoms. The van der Waals surface area contributed by atoms with Crippen molar-refractivity contribution in [3.05, 3.63) is 38.9 Å². The normalized spacial score (nSPS) is 9.33. The average molecular weight is 248 g/mol. The van der Waals surface area contributed by atoms with Crippen LogP contribution in [0.15, 0.2) is 12.1 Å². The van der Waals surface area contributed by atoms with E-state index in [-0.39, 0.29) is 17.7 Å². The third-order valence-corrected chi connectivity index (χ3v) is 2.08.